The monoisotopic (exact) mass is 474 g/mol. The minimum Gasteiger partial charge on any atom is -0.456 e. The summed E-state index contributed by atoms with van der Waals surface area (Å²) in [5.74, 6) is 1.22. The fraction of sp³-hybridized carbons (Fsp3) is 0.143. The second kappa shape index (κ2) is 8.96. The van der Waals surface area contributed by atoms with Crippen molar-refractivity contribution in [2.75, 3.05) is 12.4 Å². The predicted octanol–water partition coefficient (Wildman–Crippen LogP) is 5.19. The number of carbonyl (C=O) groups excluding carboxylic acids is 1. The molecule has 0 aliphatic rings. The summed E-state index contributed by atoms with van der Waals surface area (Å²) < 4.78 is 12.0. The molecule has 0 spiro atoms. The summed E-state index contributed by atoms with van der Waals surface area (Å²) in [4.78, 5) is 17.0. The Hall–Kier alpha value is -2.45. The summed E-state index contributed by atoms with van der Waals surface area (Å²) in [6.45, 7) is 2.23. The largest absolute Gasteiger partial charge is 0.456 e. The molecular formula is C21H19IN2O3. The van der Waals surface area contributed by atoms with Gasteiger partial charge in [-0.2, -0.15) is 0 Å². The molecule has 1 heterocycles. The van der Waals surface area contributed by atoms with Crippen molar-refractivity contribution >= 4 is 34.2 Å². The van der Waals surface area contributed by atoms with Gasteiger partial charge in [0.2, 0.25) is 0 Å². The lowest BCUT2D eigenvalue weighted by atomic mass is 10.1. The van der Waals surface area contributed by atoms with E-state index in [1.165, 1.54) is 0 Å². The number of aromatic nitrogens is 1. The van der Waals surface area contributed by atoms with Crippen molar-refractivity contribution < 1.29 is 14.3 Å². The van der Waals surface area contributed by atoms with Crippen LogP contribution in [0.1, 0.15) is 21.7 Å². The number of anilines is 1. The molecule has 0 aliphatic heterocycles. The highest BCUT2D eigenvalue weighted by atomic mass is 127. The van der Waals surface area contributed by atoms with Gasteiger partial charge in [-0.15, -0.1) is 0 Å². The third-order valence-corrected chi connectivity index (χ3v) is 4.73. The first-order valence-electron chi connectivity index (χ1n) is 8.36. The second-order valence-electron chi connectivity index (χ2n) is 5.88. The van der Waals surface area contributed by atoms with E-state index >= 15 is 0 Å². The van der Waals surface area contributed by atoms with Crippen LogP contribution in [0.3, 0.4) is 0 Å². The highest BCUT2D eigenvalue weighted by Crippen LogP contribution is 2.28. The van der Waals surface area contributed by atoms with Gasteiger partial charge in [0.05, 0.1) is 27.1 Å². The van der Waals surface area contributed by atoms with Crippen LogP contribution in [0.5, 0.6) is 11.5 Å². The van der Waals surface area contributed by atoms with Gasteiger partial charge in [-0.05, 0) is 65.9 Å². The number of para-hydroxylation sites is 1. The molecule has 3 rings (SSSR count). The van der Waals surface area contributed by atoms with Crippen LogP contribution in [0.2, 0.25) is 0 Å². The van der Waals surface area contributed by atoms with E-state index in [2.05, 4.69) is 32.9 Å². The van der Waals surface area contributed by atoms with Crippen LogP contribution in [0.25, 0.3) is 0 Å². The zero-order valence-corrected chi connectivity index (χ0v) is 17.2. The second-order valence-corrected chi connectivity index (χ2v) is 7.05. The fourth-order valence-electron chi connectivity index (χ4n) is 2.57. The number of nitrogens with one attached hydrogen (secondary N) is 1. The Balaban J connectivity index is 1.74. The maximum atomic E-state index is 12.6. The van der Waals surface area contributed by atoms with Crippen molar-refractivity contribution in [1.29, 1.82) is 0 Å². The topological polar surface area (TPSA) is 60.5 Å². The van der Waals surface area contributed by atoms with Gasteiger partial charge in [-0.3, -0.25) is 9.78 Å². The Morgan fingerprint density at radius 2 is 1.93 bits per heavy atom. The number of aryl methyl sites for hydroxylation is 1. The van der Waals surface area contributed by atoms with Crippen LogP contribution >= 0.6 is 22.6 Å². The molecule has 0 saturated heterocycles. The number of carbonyl (C=O) groups is 1. The lowest BCUT2D eigenvalue weighted by Crippen LogP contribution is -2.14. The van der Waals surface area contributed by atoms with E-state index in [-0.39, 0.29) is 5.91 Å². The number of benzene rings is 2. The molecule has 1 amide bonds. The first-order chi connectivity index (χ1) is 13.1. The van der Waals surface area contributed by atoms with Gasteiger partial charge in [0.1, 0.15) is 11.5 Å². The van der Waals surface area contributed by atoms with Gasteiger partial charge >= 0.3 is 0 Å². The molecule has 6 heteroatoms. The molecule has 0 unspecified atom stereocenters. The third-order valence-electron chi connectivity index (χ3n) is 3.84. The SMILES string of the molecule is COCc1ccc(C(=O)Nc2cccc(Oc3ccccc3I)c2)c(C)n1. The van der Waals surface area contributed by atoms with Gasteiger partial charge in [-0.25, -0.2) is 0 Å². The highest BCUT2D eigenvalue weighted by Gasteiger charge is 2.12. The fourth-order valence-corrected chi connectivity index (χ4v) is 3.07. The average Bonchev–Trinajstić information content (AvgIpc) is 2.64. The van der Waals surface area contributed by atoms with E-state index in [1.54, 1.807) is 25.3 Å². The van der Waals surface area contributed by atoms with Gasteiger partial charge in [0, 0.05) is 18.9 Å². The highest BCUT2D eigenvalue weighted by molar-refractivity contribution is 14.1. The molecule has 138 valence electrons. The molecule has 0 fully saturated rings. The van der Waals surface area contributed by atoms with Crippen molar-refractivity contribution in [2.45, 2.75) is 13.5 Å². The van der Waals surface area contributed by atoms with Crippen molar-refractivity contribution in [3.05, 3.63) is 81.2 Å². The number of rotatable bonds is 6. The molecule has 1 aromatic heterocycles. The number of hydrogen-bond donors (Lipinski definition) is 1. The Morgan fingerprint density at radius 3 is 2.67 bits per heavy atom. The molecule has 0 bridgehead atoms. The van der Waals surface area contributed by atoms with Crippen molar-refractivity contribution in [1.82, 2.24) is 4.98 Å². The van der Waals surface area contributed by atoms with Crippen LogP contribution in [0.4, 0.5) is 5.69 Å². The number of hydrogen-bond acceptors (Lipinski definition) is 4. The van der Waals surface area contributed by atoms with Gasteiger partial charge in [-0.1, -0.05) is 18.2 Å². The Morgan fingerprint density at radius 1 is 1.11 bits per heavy atom. The first-order valence-corrected chi connectivity index (χ1v) is 9.44. The normalized spacial score (nSPS) is 10.5. The molecule has 3 aromatic rings. The lowest BCUT2D eigenvalue weighted by Gasteiger charge is -2.11. The number of pyridine rings is 1. The number of ether oxygens (including phenoxy) is 2. The molecule has 0 saturated carbocycles. The Labute approximate surface area is 171 Å². The van der Waals surface area contributed by atoms with Crippen LogP contribution in [0.15, 0.2) is 60.7 Å². The number of nitrogens with zero attached hydrogens (tertiary/aromatic N) is 1. The molecule has 2 aromatic carbocycles. The van der Waals surface area contributed by atoms with E-state index in [9.17, 15) is 4.79 Å². The number of methoxy groups -OCH3 is 1. The Bertz CT molecular complexity index is 960. The van der Waals surface area contributed by atoms with Crippen molar-refractivity contribution in [3.63, 3.8) is 0 Å². The smallest absolute Gasteiger partial charge is 0.257 e. The van der Waals surface area contributed by atoms with Gasteiger partial charge in [0.25, 0.3) is 5.91 Å². The first kappa shape index (κ1) is 19.3. The van der Waals surface area contributed by atoms with Crippen LogP contribution in [-0.4, -0.2) is 18.0 Å². The summed E-state index contributed by atoms with van der Waals surface area (Å²) in [6.07, 6.45) is 0. The summed E-state index contributed by atoms with van der Waals surface area (Å²) in [5, 5.41) is 2.90. The summed E-state index contributed by atoms with van der Waals surface area (Å²) in [6, 6.07) is 18.6. The maximum Gasteiger partial charge on any atom is 0.257 e. The quantitative estimate of drug-likeness (QED) is 0.500. The molecule has 5 nitrogen and oxygen atoms in total. The zero-order chi connectivity index (χ0) is 19.2. The molecular weight excluding hydrogens is 455 g/mol. The summed E-state index contributed by atoms with van der Waals surface area (Å²) >= 11 is 2.22. The average molecular weight is 474 g/mol. The minimum atomic E-state index is -0.213. The Kier molecular flexibility index (Phi) is 6.41. The summed E-state index contributed by atoms with van der Waals surface area (Å²) in [5.41, 5.74) is 2.63. The van der Waals surface area contributed by atoms with E-state index in [4.69, 9.17) is 9.47 Å². The molecule has 0 radical (unpaired) electrons. The van der Waals surface area contributed by atoms with Gasteiger partial charge in [0.15, 0.2) is 0 Å². The molecule has 0 atom stereocenters. The van der Waals surface area contributed by atoms with Crippen LogP contribution < -0.4 is 10.1 Å². The van der Waals surface area contributed by atoms with Crippen molar-refractivity contribution in [2.24, 2.45) is 0 Å². The van der Waals surface area contributed by atoms with E-state index in [0.717, 1.165) is 15.0 Å². The molecule has 1 N–H and O–H groups in total. The predicted molar refractivity (Wildman–Crippen MR) is 113 cm³/mol. The lowest BCUT2D eigenvalue weighted by molar-refractivity contribution is 0.102. The van der Waals surface area contributed by atoms with E-state index < -0.39 is 0 Å². The number of halogens is 1. The molecule has 0 aliphatic carbocycles. The summed E-state index contributed by atoms with van der Waals surface area (Å²) in [7, 11) is 1.61. The molecule has 27 heavy (non-hydrogen) atoms. The number of amides is 1. The maximum absolute atomic E-state index is 12.6. The van der Waals surface area contributed by atoms with E-state index in [1.807, 2.05) is 49.4 Å². The third kappa shape index (κ3) is 5.05. The van der Waals surface area contributed by atoms with Crippen LogP contribution in [-0.2, 0) is 11.3 Å². The van der Waals surface area contributed by atoms with Gasteiger partial charge < -0.3 is 14.8 Å². The zero-order valence-electron chi connectivity index (χ0n) is 15.0. The standard InChI is InChI=1S/C21H19IN2O3/c1-14-18(11-10-16(23-14)13-26-2)21(25)24-15-6-5-7-17(12-15)27-20-9-4-3-8-19(20)22/h3-12H,13H2,1-2H3,(H,24,25). The van der Waals surface area contributed by atoms with Crippen molar-refractivity contribution in [3.8, 4) is 11.5 Å². The minimum absolute atomic E-state index is 0.213. The van der Waals surface area contributed by atoms with Crippen LogP contribution in [0, 0.1) is 10.5 Å². The van der Waals surface area contributed by atoms with E-state index in [0.29, 0.717) is 29.3 Å².